The maximum absolute atomic E-state index is 13.4. The van der Waals surface area contributed by atoms with Crippen LogP contribution in [0, 0.1) is 4.91 Å². The highest BCUT2D eigenvalue weighted by Crippen LogP contribution is 2.38. The SMILES string of the molecule is CN([C@@H]1c2ccccc2C=C[C@H]1N1CCCC1)S(=O)(=O)c1ccc([N+](=O)O)cc1. The molecule has 1 heterocycles. The van der Waals surface area contributed by atoms with Gasteiger partial charge in [-0.15, -0.1) is 0 Å². The van der Waals surface area contributed by atoms with Gasteiger partial charge in [0.2, 0.25) is 10.0 Å². The molecule has 4 rings (SSSR count). The van der Waals surface area contributed by atoms with Crippen molar-refractivity contribution < 1.29 is 18.5 Å². The van der Waals surface area contributed by atoms with E-state index in [4.69, 9.17) is 5.21 Å². The normalized spacial score (nSPS) is 22.0. The van der Waals surface area contributed by atoms with Gasteiger partial charge in [0.1, 0.15) is 0 Å². The summed E-state index contributed by atoms with van der Waals surface area (Å²) in [6.45, 7) is 1.90. The number of benzene rings is 2. The second kappa shape index (κ2) is 7.70. The van der Waals surface area contributed by atoms with Gasteiger partial charge in [-0.05, 0) is 49.2 Å². The smallest absolute Gasteiger partial charge is 0.295 e. The lowest BCUT2D eigenvalue weighted by Crippen LogP contribution is -2.46. The van der Waals surface area contributed by atoms with E-state index in [9.17, 15) is 13.3 Å². The van der Waals surface area contributed by atoms with E-state index < -0.39 is 10.0 Å². The van der Waals surface area contributed by atoms with Crippen molar-refractivity contribution in [2.24, 2.45) is 0 Å². The quantitative estimate of drug-likeness (QED) is 0.759. The molecule has 0 unspecified atom stereocenters. The molecule has 29 heavy (non-hydrogen) atoms. The van der Waals surface area contributed by atoms with Crippen LogP contribution in [0.1, 0.15) is 30.0 Å². The Morgan fingerprint density at radius 1 is 1.07 bits per heavy atom. The maximum atomic E-state index is 13.4. The van der Waals surface area contributed by atoms with E-state index >= 15 is 0 Å². The van der Waals surface area contributed by atoms with Crippen LogP contribution in [0.2, 0.25) is 0 Å². The monoisotopic (exact) mass is 414 g/mol. The number of hydrogen-bond donors (Lipinski definition) is 1. The van der Waals surface area contributed by atoms with Crippen molar-refractivity contribution in [3.05, 3.63) is 70.6 Å². The van der Waals surface area contributed by atoms with Gasteiger partial charge in [-0.3, -0.25) is 4.90 Å². The van der Waals surface area contributed by atoms with E-state index in [1.54, 1.807) is 7.05 Å². The standard InChI is InChI=1S/C21H24N3O4S/c1-22(29(27,28)18-11-9-17(10-12-18)24(25)26)21-19-7-3-2-6-16(19)8-13-20(21)23-14-4-5-15-23/h2-3,6-13,20-21H,4-5,14-15H2,1H3,(H,25,26)/q+1/t20-,21-/m1/s1. The van der Waals surface area contributed by atoms with Crippen LogP contribution in [0.4, 0.5) is 5.69 Å². The molecule has 1 saturated heterocycles. The predicted molar refractivity (Wildman–Crippen MR) is 109 cm³/mol. The van der Waals surface area contributed by atoms with Crippen LogP contribution < -0.4 is 0 Å². The summed E-state index contributed by atoms with van der Waals surface area (Å²) in [5.41, 5.74) is 1.98. The highest BCUT2D eigenvalue weighted by Gasteiger charge is 2.39. The summed E-state index contributed by atoms with van der Waals surface area (Å²) < 4.78 is 28.3. The molecular formula is C21H24N3O4S+. The topological polar surface area (TPSA) is 80.9 Å². The largest absolute Gasteiger partial charge is 0.316 e. The minimum absolute atomic E-state index is 0.0208. The molecule has 0 spiro atoms. The van der Waals surface area contributed by atoms with Gasteiger partial charge in [0, 0.05) is 25.2 Å². The zero-order valence-electron chi connectivity index (χ0n) is 16.2. The van der Waals surface area contributed by atoms with Crippen LogP contribution in [0.5, 0.6) is 0 Å². The van der Waals surface area contributed by atoms with Crippen LogP contribution >= 0.6 is 0 Å². The summed E-state index contributed by atoms with van der Waals surface area (Å²) in [7, 11) is -2.21. The summed E-state index contributed by atoms with van der Waals surface area (Å²) in [6, 6.07) is 12.8. The molecule has 0 amide bonds. The van der Waals surface area contributed by atoms with E-state index in [1.807, 2.05) is 24.3 Å². The molecule has 2 aromatic carbocycles. The van der Waals surface area contributed by atoms with Crippen molar-refractivity contribution in [2.45, 2.75) is 29.8 Å². The molecule has 2 aromatic rings. The Labute approximate surface area is 170 Å². The number of hydrogen-bond acceptors (Lipinski definition) is 4. The Balaban J connectivity index is 1.74. The third kappa shape index (κ3) is 3.59. The number of rotatable bonds is 5. The molecule has 1 fully saturated rings. The summed E-state index contributed by atoms with van der Waals surface area (Å²) in [5.74, 6) is 0. The molecule has 0 bridgehead atoms. The van der Waals surface area contributed by atoms with E-state index in [0.29, 0.717) is 0 Å². The summed E-state index contributed by atoms with van der Waals surface area (Å²) in [5, 5.41) is 9.00. The van der Waals surface area contributed by atoms with Crippen molar-refractivity contribution in [1.29, 1.82) is 0 Å². The Hall–Kier alpha value is -2.55. The number of sulfonamides is 1. The van der Waals surface area contributed by atoms with Crippen LogP contribution in [-0.2, 0) is 10.0 Å². The molecule has 0 radical (unpaired) electrons. The highest BCUT2D eigenvalue weighted by molar-refractivity contribution is 7.89. The molecule has 7 nitrogen and oxygen atoms in total. The highest BCUT2D eigenvalue weighted by atomic mass is 32.2. The zero-order chi connectivity index (χ0) is 20.6. The van der Waals surface area contributed by atoms with Crippen LogP contribution in [-0.4, -0.2) is 53.9 Å². The molecule has 1 aliphatic carbocycles. The van der Waals surface area contributed by atoms with Crippen LogP contribution in [0.15, 0.2) is 59.5 Å². The number of likely N-dealkylation sites (tertiary alicyclic amines) is 1. The first kappa shape index (κ1) is 19.8. The molecule has 0 aromatic heterocycles. The van der Waals surface area contributed by atoms with Crippen LogP contribution in [0.25, 0.3) is 6.08 Å². The predicted octanol–water partition coefficient (Wildman–Crippen LogP) is 3.34. The number of nitrogens with zero attached hydrogens (tertiary/aromatic N) is 3. The van der Waals surface area contributed by atoms with Crippen molar-refractivity contribution in [1.82, 2.24) is 9.21 Å². The maximum Gasteiger partial charge on any atom is 0.316 e. The van der Waals surface area contributed by atoms with E-state index in [2.05, 4.69) is 17.1 Å². The van der Waals surface area contributed by atoms with Crippen LogP contribution in [0.3, 0.4) is 0 Å². The molecular weight excluding hydrogens is 390 g/mol. The van der Waals surface area contributed by atoms with Gasteiger partial charge < -0.3 is 0 Å². The Kier molecular flexibility index (Phi) is 5.24. The Morgan fingerprint density at radius 2 is 1.72 bits per heavy atom. The summed E-state index contributed by atoms with van der Waals surface area (Å²) in [6.07, 6.45) is 6.41. The lowest BCUT2D eigenvalue weighted by atomic mass is 9.88. The minimum atomic E-state index is -3.82. The van der Waals surface area contributed by atoms with Gasteiger partial charge in [0.25, 0.3) is 4.92 Å². The molecule has 2 aliphatic rings. The molecule has 1 N–H and O–H groups in total. The molecule has 1 aliphatic heterocycles. The third-order valence-corrected chi connectivity index (χ3v) is 7.65. The molecule has 2 atom stereocenters. The second-order valence-electron chi connectivity index (χ2n) is 7.45. The van der Waals surface area contributed by atoms with E-state index in [0.717, 1.165) is 37.1 Å². The zero-order valence-corrected chi connectivity index (χ0v) is 17.0. The Morgan fingerprint density at radius 3 is 2.38 bits per heavy atom. The van der Waals surface area contributed by atoms with E-state index in [-0.39, 0.29) is 27.6 Å². The minimum Gasteiger partial charge on any atom is -0.295 e. The summed E-state index contributed by atoms with van der Waals surface area (Å²) in [4.78, 5) is 13.1. The average molecular weight is 415 g/mol. The first-order valence-corrected chi connectivity index (χ1v) is 11.1. The first-order valence-electron chi connectivity index (χ1n) is 9.65. The van der Waals surface area contributed by atoms with Gasteiger partial charge in [-0.2, -0.15) is 4.31 Å². The van der Waals surface area contributed by atoms with Crippen molar-refractivity contribution in [3.63, 3.8) is 0 Å². The van der Waals surface area contributed by atoms with Crippen molar-refractivity contribution >= 4 is 21.8 Å². The third-order valence-electron chi connectivity index (χ3n) is 5.80. The lowest BCUT2D eigenvalue weighted by Gasteiger charge is -2.40. The van der Waals surface area contributed by atoms with Gasteiger partial charge in [0.05, 0.1) is 15.8 Å². The Bertz CT molecular complexity index is 1040. The molecule has 0 saturated carbocycles. The second-order valence-corrected chi connectivity index (χ2v) is 9.45. The van der Waals surface area contributed by atoms with E-state index in [1.165, 1.54) is 28.6 Å². The van der Waals surface area contributed by atoms with Gasteiger partial charge >= 0.3 is 5.69 Å². The average Bonchev–Trinajstić information content (AvgIpc) is 3.27. The summed E-state index contributed by atoms with van der Waals surface area (Å²) >= 11 is 0. The van der Waals surface area contributed by atoms with Gasteiger partial charge in [-0.25, -0.2) is 13.6 Å². The molecule has 152 valence electrons. The fourth-order valence-corrected chi connectivity index (χ4v) is 5.61. The lowest BCUT2D eigenvalue weighted by molar-refractivity contribution is -0.729. The van der Waals surface area contributed by atoms with Crippen molar-refractivity contribution in [3.8, 4) is 0 Å². The number of fused-ring (bicyclic) bond motifs is 1. The molecule has 8 heteroatoms. The number of likely N-dealkylation sites (N-methyl/N-ethyl adjacent to an activating group) is 1. The van der Waals surface area contributed by atoms with Gasteiger partial charge in [0.15, 0.2) is 0 Å². The van der Waals surface area contributed by atoms with Crippen molar-refractivity contribution in [2.75, 3.05) is 20.1 Å². The fourth-order valence-electron chi connectivity index (χ4n) is 4.26. The fraction of sp³-hybridized carbons (Fsp3) is 0.333. The first-order chi connectivity index (χ1) is 13.9. The van der Waals surface area contributed by atoms with Gasteiger partial charge in [-0.1, -0.05) is 36.4 Å².